The second-order valence-corrected chi connectivity index (χ2v) is 6.31. The van der Waals surface area contributed by atoms with Gasteiger partial charge in [-0.2, -0.15) is 0 Å². The number of hydrogen-bond donors (Lipinski definition) is 2. The molecule has 2 rings (SSSR count). The van der Waals surface area contributed by atoms with E-state index < -0.39 is 0 Å². The zero-order chi connectivity index (χ0) is 16.1. The first-order valence-corrected chi connectivity index (χ1v) is 8.32. The summed E-state index contributed by atoms with van der Waals surface area (Å²) in [5, 5.41) is 15.6. The lowest BCUT2D eigenvalue weighted by atomic mass is 10.1. The summed E-state index contributed by atoms with van der Waals surface area (Å²) in [6, 6.07) is 5.82. The van der Waals surface area contributed by atoms with Gasteiger partial charge in [-0.1, -0.05) is 31.3 Å². The summed E-state index contributed by atoms with van der Waals surface area (Å²) in [7, 11) is 0. The van der Waals surface area contributed by atoms with E-state index in [2.05, 4.69) is 46.8 Å². The molecule has 0 saturated heterocycles. The lowest BCUT2D eigenvalue weighted by Gasteiger charge is -2.17. The Morgan fingerprint density at radius 1 is 1.23 bits per heavy atom. The van der Waals surface area contributed by atoms with E-state index in [1.165, 1.54) is 22.5 Å². The van der Waals surface area contributed by atoms with Crippen molar-refractivity contribution in [2.75, 3.05) is 10.6 Å². The van der Waals surface area contributed by atoms with Crippen LogP contribution >= 0.6 is 11.3 Å². The zero-order valence-corrected chi connectivity index (χ0v) is 14.3. The molecule has 1 amide bonds. The van der Waals surface area contributed by atoms with Gasteiger partial charge in [0.15, 0.2) is 0 Å². The van der Waals surface area contributed by atoms with Crippen LogP contribution in [0.5, 0.6) is 0 Å². The third-order valence-corrected chi connectivity index (χ3v) is 4.55. The first-order chi connectivity index (χ1) is 10.5. The van der Waals surface area contributed by atoms with Crippen LogP contribution in [0.4, 0.5) is 10.8 Å². The number of rotatable bonds is 6. The Morgan fingerprint density at radius 3 is 2.59 bits per heavy atom. The molecule has 6 heteroatoms. The molecule has 1 aromatic heterocycles. The number of aryl methyl sites for hydroxylation is 3. The standard InChI is InChI=1S/C16H22N4OS/c1-5-13(17-12-8-7-10(3)11(4)9-12)15(21)18-16-20-19-14(6-2)22-16/h7-9,13,17H,5-6H2,1-4H3,(H,18,20,21). The van der Waals surface area contributed by atoms with Gasteiger partial charge in [-0.3, -0.25) is 10.1 Å². The largest absolute Gasteiger partial charge is 0.374 e. The Hall–Kier alpha value is -1.95. The molecule has 5 nitrogen and oxygen atoms in total. The summed E-state index contributed by atoms with van der Waals surface area (Å²) in [6.45, 7) is 8.14. The number of carbonyl (C=O) groups is 1. The first kappa shape index (κ1) is 16.4. The average molecular weight is 318 g/mol. The molecule has 118 valence electrons. The SMILES string of the molecule is CCc1nnc(NC(=O)C(CC)Nc2ccc(C)c(C)c2)s1. The minimum absolute atomic E-state index is 0.0838. The summed E-state index contributed by atoms with van der Waals surface area (Å²) in [4.78, 5) is 12.4. The van der Waals surface area contributed by atoms with Gasteiger partial charge in [-0.25, -0.2) is 0 Å². The van der Waals surface area contributed by atoms with Crippen LogP contribution in [0.1, 0.15) is 36.4 Å². The van der Waals surface area contributed by atoms with Crippen molar-refractivity contribution in [3.05, 3.63) is 34.3 Å². The van der Waals surface area contributed by atoms with Crippen molar-refractivity contribution in [2.24, 2.45) is 0 Å². The van der Waals surface area contributed by atoms with Gasteiger partial charge >= 0.3 is 0 Å². The predicted octanol–water partition coefficient (Wildman–Crippen LogP) is 3.55. The topological polar surface area (TPSA) is 66.9 Å². The van der Waals surface area contributed by atoms with Crippen molar-refractivity contribution in [3.63, 3.8) is 0 Å². The van der Waals surface area contributed by atoms with Gasteiger partial charge in [0, 0.05) is 5.69 Å². The van der Waals surface area contributed by atoms with E-state index in [-0.39, 0.29) is 11.9 Å². The maximum atomic E-state index is 12.4. The Kier molecular flexibility index (Phi) is 5.49. The van der Waals surface area contributed by atoms with E-state index in [9.17, 15) is 4.79 Å². The molecule has 0 saturated carbocycles. The van der Waals surface area contributed by atoms with E-state index in [4.69, 9.17) is 0 Å². The van der Waals surface area contributed by atoms with Gasteiger partial charge in [-0.15, -0.1) is 10.2 Å². The van der Waals surface area contributed by atoms with Crippen LogP contribution in [0.2, 0.25) is 0 Å². The van der Waals surface area contributed by atoms with Crippen molar-refractivity contribution in [1.29, 1.82) is 0 Å². The molecule has 2 aromatic rings. The van der Waals surface area contributed by atoms with Crippen LogP contribution < -0.4 is 10.6 Å². The molecule has 0 radical (unpaired) electrons. The van der Waals surface area contributed by atoms with Gasteiger partial charge in [0.1, 0.15) is 11.0 Å². The van der Waals surface area contributed by atoms with Crippen LogP contribution in [0.15, 0.2) is 18.2 Å². The highest BCUT2D eigenvalue weighted by Crippen LogP contribution is 2.18. The lowest BCUT2D eigenvalue weighted by molar-refractivity contribution is -0.117. The Morgan fingerprint density at radius 2 is 2.00 bits per heavy atom. The van der Waals surface area contributed by atoms with E-state index in [1.54, 1.807) is 0 Å². The van der Waals surface area contributed by atoms with Crippen molar-refractivity contribution < 1.29 is 4.79 Å². The van der Waals surface area contributed by atoms with Gasteiger partial charge in [0.05, 0.1) is 0 Å². The van der Waals surface area contributed by atoms with E-state index in [0.717, 1.165) is 17.1 Å². The molecule has 22 heavy (non-hydrogen) atoms. The van der Waals surface area contributed by atoms with Crippen molar-refractivity contribution in [3.8, 4) is 0 Å². The molecular weight excluding hydrogens is 296 g/mol. The Bertz CT molecular complexity index is 653. The fraction of sp³-hybridized carbons (Fsp3) is 0.438. The third kappa shape index (κ3) is 4.04. The van der Waals surface area contributed by atoms with Gasteiger partial charge < -0.3 is 5.32 Å². The summed E-state index contributed by atoms with van der Waals surface area (Å²) in [5.41, 5.74) is 3.40. The quantitative estimate of drug-likeness (QED) is 0.855. The summed E-state index contributed by atoms with van der Waals surface area (Å²) in [6.07, 6.45) is 1.52. The van der Waals surface area contributed by atoms with Crippen LogP contribution in [-0.2, 0) is 11.2 Å². The number of nitrogens with zero attached hydrogens (tertiary/aromatic N) is 2. The maximum Gasteiger partial charge on any atom is 0.248 e. The molecule has 1 atom stereocenters. The highest BCUT2D eigenvalue weighted by Gasteiger charge is 2.18. The number of hydrogen-bond acceptors (Lipinski definition) is 5. The normalized spacial score (nSPS) is 12.0. The third-order valence-electron chi connectivity index (χ3n) is 3.57. The highest BCUT2D eigenvalue weighted by atomic mass is 32.1. The maximum absolute atomic E-state index is 12.4. The molecular formula is C16H22N4OS. The van der Waals surface area contributed by atoms with E-state index in [1.807, 2.05) is 19.9 Å². The van der Waals surface area contributed by atoms with Gasteiger partial charge in [0.2, 0.25) is 11.0 Å². The lowest BCUT2D eigenvalue weighted by Crippen LogP contribution is -2.34. The van der Waals surface area contributed by atoms with Crippen molar-refractivity contribution >= 4 is 28.1 Å². The Balaban J connectivity index is 2.03. The van der Waals surface area contributed by atoms with Crippen LogP contribution in [0.3, 0.4) is 0 Å². The molecule has 2 N–H and O–H groups in total. The molecule has 0 bridgehead atoms. The summed E-state index contributed by atoms with van der Waals surface area (Å²) < 4.78 is 0. The number of nitrogens with one attached hydrogen (secondary N) is 2. The fourth-order valence-corrected chi connectivity index (χ4v) is 2.71. The van der Waals surface area contributed by atoms with E-state index in [0.29, 0.717) is 11.6 Å². The molecule has 0 aliphatic heterocycles. The molecule has 1 unspecified atom stereocenters. The molecule has 0 spiro atoms. The van der Waals surface area contributed by atoms with Crippen LogP contribution in [0.25, 0.3) is 0 Å². The van der Waals surface area contributed by atoms with Crippen LogP contribution in [0, 0.1) is 13.8 Å². The number of benzene rings is 1. The number of anilines is 2. The zero-order valence-electron chi connectivity index (χ0n) is 13.4. The average Bonchev–Trinajstić information content (AvgIpc) is 2.95. The molecule has 1 aromatic carbocycles. The van der Waals surface area contributed by atoms with Crippen molar-refractivity contribution in [2.45, 2.75) is 46.6 Å². The molecule has 0 aliphatic rings. The van der Waals surface area contributed by atoms with E-state index >= 15 is 0 Å². The van der Waals surface area contributed by atoms with Gasteiger partial charge in [0.25, 0.3) is 0 Å². The number of carbonyl (C=O) groups excluding carboxylic acids is 1. The Labute approximate surface area is 135 Å². The highest BCUT2D eigenvalue weighted by molar-refractivity contribution is 7.15. The molecule has 1 heterocycles. The second kappa shape index (κ2) is 7.35. The summed E-state index contributed by atoms with van der Waals surface area (Å²) in [5.74, 6) is -0.0838. The first-order valence-electron chi connectivity index (χ1n) is 7.50. The van der Waals surface area contributed by atoms with Crippen molar-refractivity contribution in [1.82, 2.24) is 10.2 Å². The second-order valence-electron chi connectivity index (χ2n) is 5.25. The monoisotopic (exact) mass is 318 g/mol. The number of aromatic nitrogens is 2. The smallest absolute Gasteiger partial charge is 0.248 e. The predicted molar refractivity (Wildman–Crippen MR) is 91.5 cm³/mol. The minimum Gasteiger partial charge on any atom is -0.374 e. The number of amides is 1. The summed E-state index contributed by atoms with van der Waals surface area (Å²) >= 11 is 1.42. The van der Waals surface area contributed by atoms with Crippen LogP contribution in [-0.4, -0.2) is 22.1 Å². The molecule has 0 aliphatic carbocycles. The molecule has 0 fully saturated rings. The minimum atomic E-state index is -0.295. The van der Waals surface area contributed by atoms with Gasteiger partial charge in [-0.05, 0) is 49.9 Å². The fourth-order valence-electron chi connectivity index (χ4n) is 2.02.